The molecule has 0 aliphatic heterocycles. The lowest BCUT2D eigenvalue weighted by Crippen LogP contribution is -2.24. The average Bonchev–Trinajstić information content (AvgIpc) is 2.73. The Labute approximate surface area is 157 Å². The van der Waals surface area contributed by atoms with E-state index in [4.69, 9.17) is 10.00 Å². The Morgan fingerprint density at radius 1 is 1.00 bits per heavy atom. The van der Waals surface area contributed by atoms with Crippen LogP contribution in [0.15, 0.2) is 84.0 Å². The van der Waals surface area contributed by atoms with Gasteiger partial charge in [-0.2, -0.15) is 10.4 Å². The van der Waals surface area contributed by atoms with Gasteiger partial charge in [0, 0.05) is 5.56 Å². The van der Waals surface area contributed by atoms with Crippen LogP contribution in [0, 0.1) is 11.3 Å². The molecular weight excluding hydrogens is 338 g/mol. The molecule has 0 aliphatic rings. The summed E-state index contributed by atoms with van der Waals surface area (Å²) in [5.41, 5.74) is 5.73. The fourth-order valence-corrected chi connectivity index (χ4v) is 2.45. The van der Waals surface area contributed by atoms with E-state index in [1.54, 1.807) is 24.3 Å². The maximum Gasteiger partial charge on any atom is 0.277 e. The molecule has 0 aromatic heterocycles. The summed E-state index contributed by atoms with van der Waals surface area (Å²) in [6.45, 7) is -0.144. The van der Waals surface area contributed by atoms with Crippen LogP contribution in [0.2, 0.25) is 0 Å². The van der Waals surface area contributed by atoms with Crippen LogP contribution in [0.1, 0.15) is 11.1 Å². The molecule has 0 heterocycles. The second-order valence-electron chi connectivity index (χ2n) is 5.68. The SMILES string of the molecule is N#Cc1ccc(/C=N\NC(=O)COc2ccccc2-c2ccccc2)cc1. The molecule has 3 rings (SSSR count). The van der Waals surface area contributed by atoms with E-state index >= 15 is 0 Å². The van der Waals surface area contributed by atoms with E-state index in [0.29, 0.717) is 11.3 Å². The number of hydrazone groups is 1. The van der Waals surface area contributed by atoms with Crippen LogP contribution in [0.4, 0.5) is 0 Å². The number of amides is 1. The third-order valence-corrected chi connectivity index (χ3v) is 3.77. The van der Waals surface area contributed by atoms with Crippen molar-refractivity contribution in [1.82, 2.24) is 5.43 Å². The number of carbonyl (C=O) groups excluding carboxylic acids is 1. The highest BCUT2D eigenvalue weighted by Crippen LogP contribution is 2.29. The largest absolute Gasteiger partial charge is 0.483 e. The molecule has 132 valence electrons. The normalized spacial score (nSPS) is 10.3. The number of carbonyl (C=O) groups is 1. The van der Waals surface area contributed by atoms with Crippen LogP contribution in [0.25, 0.3) is 11.1 Å². The fraction of sp³-hybridized carbons (Fsp3) is 0.0455. The number of nitrogens with zero attached hydrogens (tertiary/aromatic N) is 2. The van der Waals surface area contributed by atoms with Gasteiger partial charge in [0.1, 0.15) is 5.75 Å². The molecule has 5 heteroatoms. The lowest BCUT2D eigenvalue weighted by molar-refractivity contribution is -0.123. The first-order valence-electron chi connectivity index (χ1n) is 8.35. The molecule has 0 unspecified atom stereocenters. The van der Waals surface area contributed by atoms with Crippen LogP contribution in [-0.4, -0.2) is 18.7 Å². The minimum atomic E-state index is -0.359. The average molecular weight is 355 g/mol. The van der Waals surface area contributed by atoms with Gasteiger partial charge < -0.3 is 4.74 Å². The summed E-state index contributed by atoms with van der Waals surface area (Å²) < 4.78 is 5.66. The van der Waals surface area contributed by atoms with Gasteiger partial charge >= 0.3 is 0 Å². The monoisotopic (exact) mass is 355 g/mol. The predicted molar refractivity (Wildman–Crippen MR) is 104 cm³/mol. The maximum absolute atomic E-state index is 12.0. The summed E-state index contributed by atoms with van der Waals surface area (Å²) in [6, 6.07) is 26.3. The molecule has 0 saturated carbocycles. The van der Waals surface area contributed by atoms with E-state index in [1.807, 2.05) is 60.7 Å². The molecule has 27 heavy (non-hydrogen) atoms. The molecule has 0 saturated heterocycles. The van der Waals surface area contributed by atoms with Crippen molar-refractivity contribution in [1.29, 1.82) is 5.26 Å². The summed E-state index contributed by atoms with van der Waals surface area (Å²) in [6.07, 6.45) is 1.51. The van der Waals surface area contributed by atoms with Gasteiger partial charge in [-0.25, -0.2) is 5.43 Å². The molecule has 0 spiro atoms. The van der Waals surface area contributed by atoms with Crippen LogP contribution in [-0.2, 0) is 4.79 Å². The second kappa shape index (κ2) is 8.97. The van der Waals surface area contributed by atoms with E-state index in [2.05, 4.69) is 10.5 Å². The minimum Gasteiger partial charge on any atom is -0.483 e. The van der Waals surface area contributed by atoms with Crippen LogP contribution >= 0.6 is 0 Å². The number of para-hydroxylation sites is 1. The number of rotatable bonds is 6. The zero-order valence-electron chi connectivity index (χ0n) is 14.5. The van der Waals surface area contributed by atoms with Gasteiger partial charge in [-0.05, 0) is 29.3 Å². The predicted octanol–water partition coefficient (Wildman–Crippen LogP) is 3.75. The van der Waals surface area contributed by atoms with Gasteiger partial charge in [-0.3, -0.25) is 4.79 Å². The van der Waals surface area contributed by atoms with E-state index in [9.17, 15) is 4.79 Å². The van der Waals surface area contributed by atoms with Crippen LogP contribution < -0.4 is 10.2 Å². The molecule has 3 aromatic carbocycles. The molecule has 5 nitrogen and oxygen atoms in total. The summed E-state index contributed by atoms with van der Waals surface area (Å²) in [5.74, 6) is 0.276. The molecule has 0 aliphatic carbocycles. The minimum absolute atomic E-state index is 0.144. The number of hydrogen-bond donors (Lipinski definition) is 1. The molecule has 0 bridgehead atoms. The van der Waals surface area contributed by atoms with E-state index in [1.165, 1.54) is 6.21 Å². The Bertz CT molecular complexity index is 974. The Balaban J connectivity index is 1.57. The van der Waals surface area contributed by atoms with Crippen molar-refractivity contribution in [3.8, 4) is 22.9 Å². The molecule has 1 amide bonds. The Morgan fingerprint density at radius 2 is 1.70 bits per heavy atom. The quantitative estimate of drug-likeness (QED) is 0.540. The van der Waals surface area contributed by atoms with Gasteiger partial charge in [0.2, 0.25) is 0 Å². The van der Waals surface area contributed by atoms with Crippen molar-refractivity contribution in [2.24, 2.45) is 5.10 Å². The summed E-state index contributed by atoms with van der Waals surface area (Å²) in [4.78, 5) is 12.0. The zero-order chi connectivity index (χ0) is 18.9. The number of benzene rings is 3. The number of nitrogens with one attached hydrogen (secondary N) is 1. The van der Waals surface area contributed by atoms with Gasteiger partial charge in [0.25, 0.3) is 5.91 Å². The first-order valence-corrected chi connectivity index (χ1v) is 8.35. The molecular formula is C22H17N3O2. The van der Waals surface area contributed by atoms with Crippen molar-refractivity contribution in [3.63, 3.8) is 0 Å². The number of hydrogen-bond acceptors (Lipinski definition) is 4. The Morgan fingerprint density at radius 3 is 2.44 bits per heavy atom. The van der Waals surface area contributed by atoms with Crippen LogP contribution in [0.5, 0.6) is 5.75 Å². The van der Waals surface area contributed by atoms with Gasteiger partial charge in [-0.1, -0.05) is 60.7 Å². The van der Waals surface area contributed by atoms with Crippen molar-refractivity contribution in [2.75, 3.05) is 6.61 Å². The molecule has 3 aromatic rings. The third-order valence-electron chi connectivity index (χ3n) is 3.77. The maximum atomic E-state index is 12.0. The first-order chi connectivity index (χ1) is 13.3. The highest BCUT2D eigenvalue weighted by atomic mass is 16.5. The number of ether oxygens (including phenoxy) is 1. The molecule has 0 atom stereocenters. The van der Waals surface area contributed by atoms with Gasteiger partial charge in [-0.15, -0.1) is 0 Å². The second-order valence-corrected chi connectivity index (χ2v) is 5.68. The smallest absolute Gasteiger partial charge is 0.277 e. The topological polar surface area (TPSA) is 74.5 Å². The van der Waals surface area contributed by atoms with Crippen molar-refractivity contribution in [3.05, 3.63) is 90.0 Å². The fourth-order valence-electron chi connectivity index (χ4n) is 2.45. The first kappa shape index (κ1) is 17.9. The molecule has 0 fully saturated rings. The van der Waals surface area contributed by atoms with E-state index < -0.39 is 0 Å². The van der Waals surface area contributed by atoms with Crippen molar-refractivity contribution < 1.29 is 9.53 Å². The van der Waals surface area contributed by atoms with E-state index in [0.717, 1.165) is 16.7 Å². The third kappa shape index (κ3) is 5.03. The Kier molecular flexibility index (Phi) is 5.95. The summed E-state index contributed by atoms with van der Waals surface area (Å²) >= 11 is 0. The highest BCUT2D eigenvalue weighted by molar-refractivity contribution is 5.83. The number of nitriles is 1. The lowest BCUT2D eigenvalue weighted by Gasteiger charge is -2.10. The zero-order valence-corrected chi connectivity index (χ0v) is 14.5. The summed E-state index contributed by atoms with van der Waals surface area (Å²) in [7, 11) is 0. The Hall–Kier alpha value is -3.91. The summed E-state index contributed by atoms with van der Waals surface area (Å²) in [5, 5.41) is 12.7. The van der Waals surface area contributed by atoms with Crippen LogP contribution in [0.3, 0.4) is 0 Å². The molecule has 1 N–H and O–H groups in total. The van der Waals surface area contributed by atoms with Gasteiger partial charge in [0.05, 0.1) is 17.8 Å². The molecule has 0 radical (unpaired) electrons. The highest BCUT2D eigenvalue weighted by Gasteiger charge is 2.07. The lowest BCUT2D eigenvalue weighted by atomic mass is 10.1. The van der Waals surface area contributed by atoms with Crippen molar-refractivity contribution >= 4 is 12.1 Å². The van der Waals surface area contributed by atoms with Crippen molar-refractivity contribution in [2.45, 2.75) is 0 Å². The van der Waals surface area contributed by atoms with E-state index in [-0.39, 0.29) is 12.5 Å². The standard InChI is InChI=1S/C22H17N3O2/c23-14-17-10-12-18(13-11-17)15-24-25-22(26)16-27-21-9-5-4-8-20(21)19-6-2-1-3-7-19/h1-13,15H,16H2,(H,25,26)/b24-15-. The van der Waals surface area contributed by atoms with Gasteiger partial charge in [0.15, 0.2) is 6.61 Å².